The first kappa shape index (κ1) is 15.3. The molecule has 0 fully saturated rings. The number of nitrogens with one attached hydrogen (secondary N) is 1. The van der Waals surface area contributed by atoms with Crippen LogP contribution in [-0.4, -0.2) is 10.9 Å². The van der Waals surface area contributed by atoms with Crippen LogP contribution in [0, 0.1) is 0 Å². The van der Waals surface area contributed by atoms with Gasteiger partial charge in [-0.2, -0.15) is 0 Å². The fourth-order valence-electron chi connectivity index (χ4n) is 1.71. The molecule has 1 aromatic heterocycles. The first-order chi connectivity index (χ1) is 9.45. The van der Waals surface area contributed by atoms with Crippen molar-refractivity contribution in [2.75, 3.05) is 0 Å². The number of hydrogen-bond acceptors (Lipinski definition) is 2. The fraction of sp³-hybridized carbons (Fsp3) is 0.143. The molecule has 104 valence electrons. The maximum atomic E-state index is 12.1. The van der Waals surface area contributed by atoms with E-state index >= 15 is 0 Å². The zero-order chi connectivity index (χ0) is 14.7. The largest absolute Gasteiger partial charge is 0.346 e. The Bertz CT molecular complexity index is 611. The van der Waals surface area contributed by atoms with Gasteiger partial charge in [-0.3, -0.25) is 4.79 Å². The lowest BCUT2D eigenvalue weighted by Crippen LogP contribution is -2.26. The number of pyridine rings is 1. The van der Waals surface area contributed by atoms with E-state index in [9.17, 15) is 4.79 Å². The third kappa shape index (κ3) is 3.95. The van der Waals surface area contributed by atoms with Crippen molar-refractivity contribution in [3.63, 3.8) is 0 Å². The minimum atomic E-state index is -0.244. The molecule has 0 saturated heterocycles. The SMILES string of the molecule is CC(NC(=O)c1cc(Cl)nc(Cl)c1)c1ccc(Br)cc1. The molecular weight excluding hydrogens is 363 g/mol. The molecule has 6 heteroatoms. The third-order valence-electron chi connectivity index (χ3n) is 2.74. The number of carbonyl (C=O) groups excluding carboxylic acids is 1. The molecule has 1 unspecified atom stereocenters. The number of benzene rings is 1. The fourth-order valence-corrected chi connectivity index (χ4v) is 2.44. The third-order valence-corrected chi connectivity index (χ3v) is 3.66. The number of carbonyl (C=O) groups is 1. The van der Waals surface area contributed by atoms with Crippen LogP contribution >= 0.6 is 39.1 Å². The number of halogens is 3. The lowest BCUT2D eigenvalue weighted by atomic mass is 10.1. The van der Waals surface area contributed by atoms with Gasteiger partial charge in [-0.25, -0.2) is 4.98 Å². The predicted molar refractivity (Wildman–Crippen MR) is 84.3 cm³/mol. The van der Waals surface area contributed by atoms with Gasteiger partial charge in [0.05, 0.1) is 6.04 Å². The van der Waals surface area contributed by atoms with Gasteiger partial charge >= 0.3 is 0 Å². The van der Waals surface area contributed by atoms with Crippen LogP contribution < -0.4 is 5.32 Å². The van der Waals surface area contributed by atoms with Gasteiger partial charge in [0.15, 0.2) is 0 Å². The van der Waals surface area contributed by atoms with Crippen molar-refractivity contribution in [3.8, 4) is 0 Å². The Hall–Kier alpha value is -1.10. The molecule has 1 atom stereocenters. The van der Waals surface area contributed by atoms with Gasteiger partial charge in [0, 0.05) is 10.0 Å². The van der Waals surface area contributed by atoms with Gasteiger partial charge in [-0.05, 0) is 36.8 Å². The molecule has 0 bridgehead atoms. The van der Waals surface area contributed by atoms with Crippen LogP contribution in [-0.2, 0) is 0 Å². The monoisotopic (exact) mass is 372 g/mol. The molecule has 0 aliphatic rings. The number of nitrogens with zero attached hydrogens (tertiary/aromatic N) is 1. The van der Waals surface area contributed by atoms with Crippen LogP contribution in [0.15, 0.2) is 40.9 Å². The van der Waals surface area contributed by atoms with Gasteiger partial charge in [-0.15, -0.1) is 0 Å². The smallest absolute Gasteiger partial charge is 0.251 e. The Morgan fingerprint density at radius 2 is 1.75 bits per heavy atom. The second kappa shape index (κ2) is 6.57. The van der Waals surface area contributed by atoms with Crippen LogP contribution in [0.1, 0.15) is 28.9 Å². The van der Waals surface area contributed by atoms with Crippen molar-refractivity contribution in [2.45, 2.75) is 13.0 Å². The summed E-state index contributed by atoms with van der Waals surface area (Å²) in [6.07, 6.45) is 0. The summed E-state index contributed by atoms with van der Waals surface area (Å²) in [5, 5.41) is 3.27. The molecule has 2 aromatic rings. The zero-order valence-electron chi connectivity index (χ0n) is 10.5. The molecule has 1 N–H and O–H groups in total. The average molecular weight is 374 g/mol. The van der Waals surface area contributed by atoms with E-state index in [4.69, 9.17) is 23.2 Å². The van der Waals surface area contributed by atoms with Crippen molar-refractivity contribution >= 4 is 45.0 Å². The van der Waals surface area contributed by atoms with E-state index in [2.05, 4.69) is 26.2 Å². The van der Waals surface area contributed by atoms with Crippen molar-refractivity contribution in [2.24, 2.45) is 0 Å². The number of aromatic nitrogens is 1. The summed E-state index contributed by atoms with van der Waals surface area (Å²) < 4.78 is 0.993. The molecule has 2 rings (SSSR count). The van der Waals surface area contributed by atoms with Crippen molar-refractivity contribution in [1.82, 2.24) is 10.3 Å². The topological polar surface area (TPSA) is 42.0 Å². The zero-order valence-corrected chi connectivity index (χ0v) is 13.6. The summed E-state index contributed by atoms with van der Waals surface area (Å²) in [7, 11) is 0. The second-order valence-corrected chi connectivity index (χ2v) is 5.94. The summed E-state index contributed by atoms with van der Waals surface area (Å²) in [5.41, 5.74) is 1.40. The lowest BCUT2D eigenvalue weighted by Gasteiger charge is -2.14. The number of hydrogen-bond donors (Lipinski definition) is 1. The van der Waals surface area contributed by atoms with E-state index in [-0.39, 0.29) is 22.3 Å². The lowest BCUT2D eigenvalue weighted by molar-refractivity contribution is 0.0940. The van der Waals surface area contributed by atoms with Gasteiger partial charge in [0.1, 0.15) is 10.3 Å². The molecule has 0 aliphatic heterocycles. The maximum Gasteiger partial charge on any atom is 0.251 e. The summed E-state index contributed by atoms with van der Waals surface area (Å²) in [6, 6.07) is 10.6. The van der Waals surface area contributed by atoms with Crippen molar-refractivity contribution in [1.29, 1.82) is 0 Å². The molecule has 0 radical (unpaired) electrons. The van der Waals surface area contributed by atoms with E-state index in [0.717, 1.165) is 10.0 Å². The normalized spacial score (nSPS) is 12.0. The van der Waals surface area contributed by atoms with Crippen LogP contribution in [0.25, 0.3) is 0 Å². The summed E-state index contributed by atoms with van der Waals surface area (Å²) in [5.74, 6) is -0.244. The molecule has 1 aromatic carbocycles. The number of rotatable bonds is 3. The Morgan fingerprint density at radius 1 is 1.20 bits per heavy atom. The van der Waals surface area contributed by atoms with E-state index in [0.29, 0.717) is 5.56 Å². The van der Waals surface area contributed by atoms with Crippen LogP contribution in [0.4, 0.5) is 0 Å². The van der Waals surface area contributed by atoms with Gasteiger partial charge in [0.2, 0.25) is 0 Å². The highest BCUT2D eigenvalue weighted by Gasteiger charge is 2.13. The number of amides is 1. The van der Waals surface area contributed by atoms with Gasteiger partial charge in [0.25, 0.3) is 5.91 Å². The minimum absolute atomic E-state index is 0.124. The van der Waals surface area contributed by atoms with E-state index in [1.807, 2.05) is 31.2 Å². The second-order valence-electron chi connectivity index (χ2n) is 4.25. The van der Waals surface area contributed by atoms with Crippen molar-refractivity contribution < 1.29 is 4.79 Å². The van der Waals surface area contributed by atoms with Crippen LogP contribution in [0.2, 0.25) is 10.3 Å². The highest BCUT2D eigenvalue weighted by Crippen LogP contribution is 2.18. The molecule has 0 saturated carbocycles. The molecular formula is C14H11BrCl2N2O. The standard InChI is InChI=1S/C14H11BrCl2N2O/c1-8(9-2-4-11(15)5-3-9)18-14(20)10-6-12(16)19-13(17)7-10/h2-8H,1H3,(H,18,20). The van der Waals surface area contributed by atoms with E-state index in [1.165, 1.54) is 12.1 Å². The van der Waals surface area contributed by atoms with Crippen LogP contribution in [0.5, 0.6) is 0 Å². The van der Waals surface area contributed by atoms with E-state index < -0.39 is 0 Å². The molecule has 3 nitrogen and oxygen atoms in total. The van der Waals surface area contributed by atoms with Gasteiger partial charge < -0.3 is 5.32 Å². The Labute approximate surface area is 135 Å². The summed E-state index contributed by atoms with van der Waals surface area (Å²) >= 11 is 14.9. The van der Waals surface area contributed by atoms with Crippen molar-refractivity contribution in [3.05, 3.63) is 62.3 Å². The van der Waals surface area contributed by atoms with E-state index in [1.54, 1.807) is 0 Å². The minimum Gasteiger partial charge on any atom is -0.346 e. The summed E-state index contributed by atoms with van der Waals surface area (Å²) in [4.78, 5) is 15.9. The highest BCUT2D eigenvalue weighted by molar-refractivity contribution is 9.10. The molecule has 0 aliphatic carbocycles. The first-order valence-corrected chi connectivity index (χ1v) is 7.40. The molecule has 1 amide bonds. The first-order valence-electron chi connectivity index (χ1n) is 5.85. The Balaban J connectivity index is 2.12. The van der Waals surface area contributed by atoms with Gasteiger partial charge in [-0.1, -0.05) is 51.3 Å². The molecule has 0 spiro atoms. The quantitative estimate of drug-likeness (QED) is 0.796. The van der Waals surface area contributed by atoms with Crippen LogP contribution in [0.3, 0.4) is 0 Å². The molecule has 1 heterocycles. The predicted octanol–water partition coefficient (Wildman–Crippen LogP) is 4.64. The maximum absolute atomic E-state index is 12.1. The summed E-state index contributed by atoms with van der Waals surface area (Å²) in [6.45, 7) is 1.91. The average Bonchev–Trinajstić information content (AvgIpc) is 2.38. The Kier molecular flexibility index (Phi) is 5.02. The Morgan fingerprint density at radius 3 is 2.30 bits per heavy atom. The molecule has 20 heavy (non-hydrogen) atoms. The highest BCUT2D eigenvalue weighted by atomic mass is 79.9.